The normalized spacial score (nSPS) is 11.2. The summed E-state index contributed by atoms with van der Waals surface area (Å²) in [6, 6.07) is 13.5. The third-order valence-electron chi connectivity index (χ3n) is 3.39. The fourth-order valence-electron chi connectivity index (χ4n) is 2.26. The Morgan fingerprint density at radius 3 is 2.25 bits per heavy atom. The highest BCUT2D eigenvalue weighted by Crippen LogP contribution is 2.16. The van der Waals surface area contributed by atoms with Gasteiger partial charge >= 0.3 is 0 Å². The van der Waals surface area contributed by atoms with Crippen molar-refractivity contribution in [1.82, 2.24) is 0 Å². The molecule has 24 heavy (non-hydrogen) atoms. The van der Waals surface area contributed by atoms with Crippen LogP contribution in [0.5, 0.6) is 11.5 Å². The predicted molar refractivity (Wildman–Crippen MR) is 95.7 cm³/mol. The van der Waals surface area contributed by atoms with E-state index in [1.165, 1.54) is 11.1 Å². The minimum Gasteiger partial charge on any atom is -0.497 e. The predicted octanol–water partition coefficient (Wildman–Crippen LogP) is 3.42. The van der Waals surface area contributed by atoms with Crippen molar-refractivity contribution < 1.29 is 14.3 Å². The number of ether oxygens (including phenoxy) is 2. The summed E-state index contributed by atoms with van der Waals surface area (Å²) in [7, 11) is 1.62. The van der Waals surface area contributed by atoms with Gasteiger partial charge in [-0.15, -0.1) is 0 Å². The molecule has 0 spiro atoms. The number of benzene rings is 2. The van der Waals surface area contributed by atoms with Gasteiger partial charge in [0, 0.05) is 12.0 Å². The SMILES string of the molecule is COc1ccc(/C(N)=N/OCCCOc2cc(C)cc(C)c2)cc1. The molecule has 0 aliphatic heterocycles. The second kappa shape index (κ2) is 8.82. The van der Waals surface area contributed by atoms with E-state index in [-0.39, 0.29) is 0 Å². The van der Waals surface area contributed by atoms with Crippen molar-refractivity contribution in [1.29, 1.82) is 0 Å². The first-order valence-electron chi connectivity index (χ1n) is 7.89. The van der Waals surface area contributed by atoms with Crippen LogP contribution in [-0.4, -0.2) is 26.2 Å². The van der Waals surface area contributed by atoms with E-state index in [1.807, 2.05) is 36.4 Å². The van der Waals surface area contributed by atoms with Gasteiger partial charge in [0.25, 0.3) is 0 Å². The quantitative estimate of drug-likeness (QED) is 0.349. The highest BCUT2D eigenvalue weighted by Gasteiger charge is 2.00. The minimum atomic E-state index is 0.341. The monoisotopic (exact) mass is 328 g/mol. The topological polar surface area (TPSA) is 66.1 Å². The van der Waals surface area contributed by atoms with Gasteiger partial charge in [0.2, 0.25) is 0 Å². The summed E-state index contributed by atoms with van der Waals surface area (Å²) in [4.78, 5) is 5.24. The molecule has 0 aliphatic carbocycles. The molecule has 0 aliphatic rings. The van der Waals surface area contributed by atoms with Crippen LogP contribution in [0, 0.1) is 13.8 Å². The van der Waals surface area contributed by atoms with Crippen LogP contribution in [-0.2, 0) is 4.84 Å². The molecular weight excluding hydrogens is 304 g/mol. The van der Waals surface area contributed by atoms with Crippen LogP contribution in [0.15, 0.2) is 47.6 Å². The largest absolute Gasteiger partial charge is 0.497 e. The Balaban J connectivity index is 1.71. The molecule has 5 nitrogen and oxygen atoms in total. The van der Waals surface area contributed by atoms with Crippen LogP contribution in [0.4, 0.5) is 0 Å². The summed E-state index contributed by atoms with van der Waals surface area (Å²) in [5.74, 6) is 2.00. The molecule has 2 N–H and O–H groups in total. The standard InChI is InChI=1S/C19H24N2O3/c1-14-11-15(2)13-18(12-14)23-9-4-10-24-21-19(20)16-5-7-17(22-3)8-6-16/h5-8,11-13H,4,9-10H2,1-3H3,(H2,20,21). The molecule has 5 heteroatoms. The van der Waals surface area contributed by atoms with E-state index >= 15 is 0 Å². The lowest BCUT2D eigenvalue weighted by atomic mass is 10.1. The van der Waals surface area contributed by atoms with Crippen LogP contribution in [0.25, 0.3) is 0 Å². The van der Waals surface area contributed by atoms with Gasteiger partial charge in [-0.1, -0.05) is 11.2 Å². The maximum absolute atomic E-state index is 5.88. The molecule has 128 valence electrons. The lowest BCUT2D eigenvalue weighted by Crippen LogP contribution is -2.14. The van der Waals surface area contributed by atoms with Gasteiger partial charge in [-0.25, -0.2) is 0 Å². The third kappa shape index (κ3) is 5.50. The molecule has 0 saturated heterocycles. The summed E-state index contributed by atoms with van der Waals surface area (Å²) >= 11 is 0. The van der Waals surface area contributed by atoms with E-state index in [0.717, 1.165) is 23.5 Å². The lowest BCUT2D eigenvalue weighted by Gasteiger charge is -2.08. The van der Waals surface area contributed by atoms with Crippen molar-refractivity contribution in [2.75, 3.05) is 20.3 Å². The molecule has 0 unspecified atom stereocenters. The molecule has 0 saturated carbocycles. The number of nitrogens with zero attached hydrogens (tertiary/aromatic N) is 1. The molecular formula is C19H24N2O3. The molecule has 0 heterocycles. The van der Waals surface area contributed by atoms with Crippen molar-refractivity contribution >= 4 is 5.84 Å². The average molecular weight is 328 g/mol. The summed E-state index contributed by atoms with van der Waals surface area (Å²) in [5.41, 5.74) is 9.06. The van der Waals surface area contributed by atoms with Crippen molar-refractivity contribution in [2.24, 2.45) is 10.9 Å². The van der Waals surface area contributed by atoms with E-state index in [2.05, 4.69) is 25.1 Å². The minimum absolute atomic E-state index is 0.341. The van der Waals surface area contributed by atoms with Crippen molar-refractivity contribution in [3.63, 3.8) is 0 Å². The number of methoxy groups -OCH3 is 1. The van der Waals surface area contributed by atoms with Gasteiger partial charge in [-0.05, 0) is 61.4 Å². The first-order chi connectivity index (χ1) is 11.6. The fraction of sp³-hybridized carbons (Fsp3) is 0.316. The molecule has 2 aromatic rings. The molecule has 0 bridgehead atoms. The van der Waals surface area contributed by atoms with E-state index in [0.29, 0.717) is 19.0 Å². The van der Waals surface area contributed by atoms with E-state index < -0.39 is 0 Å². The summed E-state index contributed by atoms with van der Waals surface area (Å²) in [6.07, 6.45) is 0.729. The van der Waals surface area contributed by atoms with Crippen LogP contribution < -0.4 is 15.2 Å². The number of aryl methyl sites for hydroxylation is 2. The zero-order chi connectivity index (χ0) is 17.4. The van der Waals surface area contributed by atoms with E-state index in [1.54, 1.807) is 7.11 Å². The Morgan fingerprint density at radius 1 is 0.958 bits per heavy atom. The first kappa shape index (κ1) is 17.7. The number of hydrogen-bond acceptors (Lipinski definition) is 4. The second-order valence-electron chi connectivity index (χ2n) is 5.56. The number of rotatable bonds is 8. The van der Waals surface area contributed by atoms with Gasteiger partial charge in [0.05, 0.1) is 13.7 Å². The molecule has 0 amide bonds. The molecule has 0 atom stereocenters. The number of hydrogen-bond donors (Lipinski definition) is 1. The van der Waals surface area contributed by atoms with Crippen molar-refractivity contribution in [3.8, 4) is 11.5 Å². The Labute approximate surface area is 143 Å². The van der Waals surface area contributed by atoms with Crippen LogP contribution in [0.2, 0.25) is 0 Å². The zero-order valence-electron chi connectivity index (χ0n) is 14.4. The van der Waals surface area contributed by atoms with Gasteiger partial charge in [-0.2, -0.15) is 0 Å². The van der Waals surface area contributed by atoms with Crippen LogP contribution in [0.1, 0.15) is 23.1 Å². The van der Waals surface area contributed by atoms with Crippen LogP contribution >= 0.6 is 0 Å². The van der Waals surface area contributed by atoms with E-state index in [9.17, 15) is 0 Å². The second-order valence-corrected chi connectivity index (χ2v) is 5.56. The summed E-state index contributed by atoms with van der Waals surface area (Å²) < 4.78 is 10.8. The summed E-state index contributed by atoms with van der Waals surface area (Å²) in [5, 5.41) is 3.92. The molecule has 0 fully saturated rings. The molecule has 2 rings (SSSR count). The molecule has 0 aromatic heterocycles. The smallest absolute Gasteiger partial charge is 0.170 e. The zero-order valence-corrected chi connectivity index (χ0v) is 14.4. The van der Waals surface area contributed by atoms with Gasteiger partial charge in [-0.3, -0.25) is 0 Å². The van der Waals surface area contributed by atoms with Crippen molar-refractivity contribution in [2.45, 2.75) is 20.3 Å². The van der Waals surface area contributed by atoms with Crippen LogP contribution in [0.3, 0.4) is 0 Å². The molecule has 2 aromatic carbocycles. The average Bonchev–Trinajstić information content (AvgIpc) is 2.57. The Hall–Kier alpha value is -2.69. The van der Waals surface area contributed by atoms with Gasteiger partial charge in [0.1, 0.15) is 18.1 Å². The highest BCUT2D eigenvalue weighted by atomic mass is 16.6. The first-order valence-corrected chi connectivity index (χ1v) is 7.89. The van der Waals surface area contributed by atoms with Gasteiger partial charge in [0.15, 0.2) is 5.84 Å². The maximum Gasteiger partial charge on any atom is 0.170 e. The fourth-order valence-corrected chi connectivity index (χ4v) is 2.26. The number of amidine groups is 1. The number of oxime groups is 1. The number of nitrogens with two attached hydrogens (primary N) is 1. The van der Waals surface area contributed by atoms with E-state index in [4.69, 9.17) is 20.0 Å². The Bertz CT molecular complexity index is 661. The Morgan fingerprint density at radius 2 is 1.62 bits per heavy atom. The molecule has 0 radical (unpaired) electrons. The third-order valence-corrected chi connectivity index (χ3v) is 3.39. The highest BCUT2D eigenvalue weighted by molar-refractivity contribution is 5.97. The lowest BCUT2D eigenvalue weighted by molar-refractivity contribution is 0.127. The van der Waals surface area contributed by atoms with Gasteiger partial charge < -0.3 is 20.0 Å². The maximum atomic E-state index is 5.88. The Kier molecular flexibility index (Phi) is 6.49. The summed E-state index contributed by atoms with van der Waals surface area (Å²) in [6.45, 7) is 5.13. The van der Waals surface area contributed by atoms with Crippen molar-refractivity contribution in [3.05, 3.63) is 59.2 Å².